The highest BCUT2D eigenvalue weighted by Crippen LogP contribution is 2.60. The van der Waals surface area contributed by atoms with Crippen LogP contribution < -0.4 is 0 Å². The fourth-order valence-electron chi connectivity index (χ4n) is 3.40. The summed E-state index contributed by atoms with van der Waals surface area (Å²) in [6.07, 6.45) is 4.08. The van der Waals surface area contributed by atoms with E-state index in [1.54, 1.807) is 6.92 Å². The zero-order valence-electron chi connectivity index (χ0n) is 13.3. The molecule has 1 saturated heterocycles. The van der Waals surface area contributed by atoms with Gasteiger partial charge in [-0.2, -0.15) is 0 Å². The van der Waals surface area contributed by atoms with Crippen LogP contribution in [0.2, 0.25) is 0 Å². The van der Waals surface area contributed by atoms with Gasteiger partial charge in [0.1, 0.15) is 0 Å². The molecule has 2 fully saturated rings. The average molecular weight is 319 g/mol. The molecule has 1 N–H and O–H groups in total. The summed E-state index contributed by atoms with van der Waals surface area (Å²) in [6, 6.07) is 0. The molecule has 0 aromatic heterocycles. The molecule has 1 atom stereocenters. The summed E-state index contributed by atoms with van der Waals surface area (Å²) in [5, 5.41) is 9.24. The Labute approximate surface area is 130 Å². The van der Waals surface area contributed by atoms with E-state index < -0.39 is 17.9 Å². The van der Waals surface area contributed by atoms with Crippen LogP contribution in [0.3, 0.4) is 0 Å². The maximum Gasteiger partial charge on any atom is 0.305 e. The number of aliphatic hydroxyl groups excluding tert-OH is 1. The summed E-state index contributed by atoms with van der Waals surface area (Å²) in [6.45, 7) is 3.71. The van der Waals surface area contributed by atoms with Crippen molar-refractivity contribution in [1.82, 2.24) is 4.90 Å². The van der Waals surface area contributed by atoms with Crippen LogP contribution in [0, 0.1) is 11.3 Å². The molecule has 0 amide bonds. The molecule has 0 unspecified atom stereocenters. The van der Waals surface area contributed by atoms with Crippen LogP contribution in [0.25, 0.3) is 0 Å². The summed E-state index contributed by atoms with van der Waals surface area (Å²) in [7, 11) is 0. The van der Waals surface area contributed by atoms with Crippen LogP contribution in [0.15, 0.2) is 0 Å². The molecule has 0 spiro atoms. The van der Waals surface area contributed by atoms with Crippen molar-refractivity contribution in [3.8, 4) is 0 Å². The first-order chi connectivity index (χ1) is 10.4. The molecular weight excluding hydrogens is 292 g/mol. The second-order valence-corrected chi connectivity index (χ2v) is 6.74. The summed E-state index contributed by atoms with van der Waals surface area (Å²) in [5.41, 5.74) is -1.19. The number of piperidine rings is 1. The Morgan fingerprint density at radius 2 is 2.00 bits per heavy atom. The third-order valence-electron chi connectivity index (χ3n) is 5.05. The van der Waals surface area contributed by atoms with E-state index in [2.05, 4.69) is 4.90 Å². The van der Waals surface area contributed by atoms with Gasteiger partial charge >= 0.3 is 5.97 Å². The van der Waals surface area contributed by atoms with Crippen LogP contribution in [0.4, 0.5) is 8.78 Å². The van der Waals surface area contributed by atoms with Crippen molar-refractivity contribution < 1.29 is 23.4 Å². The lowest BCUT2D eigenvalue weighted by molar-refractivity contribution is -0.143. The minimum Gasteiger partial charge on any atom is -0.466 e. The molecule has 2 aliphatic rings. The molecule has 1 aliphatic heterocycles. The van der Waals surface area contributed by atoms with Crippen LogP contribution in [0.1, 0.15) is 45.4 Å². The van der Waals surface area contributed by atoms with E-state index in [4.69, 9.17) is 4.74 Å². The second kappa shape index (κ2) is 7.21. The van der Waals surface area contributed by atoms with E-state index in [9.17, 15) is 18.7 Å². The minimum atomic E-state index is -2.70. The summed E-state index contributed by atoms with van der Waals surface area (Å²) >= 11 is 0. The fourth-order valence-corrected chi connectivity index (χ4v) is 3.40. The number of carbonyl (C=O) groups is 1. The van der Waals surface area contributed by atoms with Crippen molar-refractivity contribution in [2.24, 2.45) is 11.3 Å². The van der Waals surface area contributed by atoms with Gasteiger partial charge in [0.2, 0.25) is 0 Å². The first-order valence-corrected chi connectivity index (χ1v) is 8.29. The Kier molecular flexibility index (Phi) is 5.77. The number of likely N-dealkylation sites (tertiary alicyclic amines) is 1. The average Bonchev–Trinajstić information content (AvgIpc) is 3.03. The third kappa shape index (κ3) is 4.16. The lowest BCUT2D eigenvalue weighted by atomic mass is 9.91. The Morgan fingerprint density at radius 1 is 1.36 bits per heavy atom. The van der Waals surface area contributed by atoms with Crippen molar-refractivity contribution in [3.05, 3.63) is 0 Å². The maximum atomic E-state index is 13.4. The molecule has 22 heavy (non-hydrogen) atoms. The topological polar surface area (TPSA) is 49.8 Å². The Bertz CT molecular complexity index is 384. The molecular formula is C16H27F2NO3. The normalized spacial score (nSPS) is 28.5. The van der Waals surface area contributed by atoms with E-state index in [-0.39, 0.29) is 12.4 Å². The molecule has 1 aliphatic carbocycles. The largest absolute Gasteiger partial charge is 0.466 e. The highest BCUT2D eigenvalue weighted by Gasteiger charge is 2.70. The molecule has 0 radical (unpaired) electrons. The van der Waals surface area contributed by atoms with E-state index in [1.165, 1.54) is 0 Å². The summed E-state index contributed by atoms with van der Waals surface area (Å²) < 4.78 is 31.6. The number of aliphatic hydroxyl groups is 1. The van der Waals surface area contributed by atoms with Gasteiger partial charge in [0, 0.05) is 19.4 Å². The molecule has 0 aromatic carbocycles. The van der Waals surface area contributed by atoms with Crippen LogP contribution >= 0.6 is 0 Å². The lowest BCUT2D eigenvalue weighted by Crippen LogP contribution is -2.40. The van der Waals surface area contributed by atoms with Gasteiger partial charge in [-0.3, -0.25) is 4.79 Å². The number of carbonyl (C=O) groups excluding carboxylic acids is 1. The van der Waals surface area contributed by atoms with Gasteiger partial charge in [-0.1, -0.05) is 0 Å². The predicted octanol–water partition coefficient (Wildman–Crippen LogP) is 2.45. The number of halogens is 2. The molecule has 0 bridgehead atoms. The van der Waals surface area contributed by atoms with Crippen LogP contribution in [-0.2, 0) is 9.53 Å². The minimum absolute atomic E-state index is 0.138. The van der Waals surface area contributed by atoms with Gasteiger partial charge in [0.25, 0.3) is 5.92 Å². The van der Waals surface area contributed by atoms with Gasteiger partial charge in [-0.15, -0.1) is 0 Å². The van der Waals surface area contributed by atoms with Crippen molar-refractivity contribution in [2.45, 2.75) is 51.4 Å². The number of alkyl halides is 2. The summed E-state index contributed by atoms with van der Waals surface area (Å²) in [5.74, 6) is -2.27. The third-order valence-corrected chi connectivity index (χ3v) is 5.05. The quantitative estimate of drug-likeness (QED) is 0.698. The number of nitrogens with zero attached hydrogens (tertiary/aromatic N) is 1. The van der Waals surface area contributed by atoms with Gasteiger partial charge in [-0.05, 0) is 51.6 Å². The number of rotatable bonds is 8. The van der Waals surface area contributed by atoms with Gasteiger partial charge in [0.15, 0.2) is 0 Å². The lowest BCUT2D eigenvalue weighted by Gasteiger charge is -2.34. The predicted molar refractivity (Wildman–Crippen MR) is 78.7 cm³/mol. The Morgan fingerprint density at radius 3 is 2.50 bits per heavy atom. The molecule has 6 heteroatoms. The zero-order valence-corrected chi connectivity index (χ0v) is 13.3. The van der Waals surface area contributed by atoms with Crippen molar-refractivity contribution >= 4 is 5.97 Å². The fraction of sp³-hybridized carbons (Fsp3) is 0.938. The first-order valence-electron chi connectivity index (χ1n) is 8.29. The number of hydrogen-bond acceptors (Lipinski definition) is 4. The number of esters is 1. The van der Waals surface area contributed by atoms with E-state index in [0.29, 0.717) is 25.5 Å². The Hall–Kier alpha value is -0.750. The van der Waals surface area contributed by atoms with Gasteiger partial charge < -0.3 is 14.7 Å². The molecule has 4 nitrogen and oxygen atoms in total. The molecule has 1 heterocycles. The number of hydrogen-bond donors (Lipinski definition) is 1. The van der Waals surface area contributed by atoms with Crippen molar-refractivity contribution in [2.75, 3.05) is 32.8 Å². The van der Waals surface area contributed by atoms with Gasteiger partial charge in [0.05, 0.1) is 18.6 Å². The number of ether oxygens (including phenoxy) is 1. The summed E-state index contributed by atoms with van der Waals surface area (Å²) in [4.78, 5) is 13.3. The van der Waals surface area contributed by atoms with Crippen LogP contribution in [0.5, 0.6) is 0 Å². The van der Waals surface area contributed by atoms with Crippen molar-refractivity contribution in [3.63, 3.8) is 0 Å². The monoisotopic (exact) mass is 319 g/mol. The van der Waals surface area contributed by atoms with E-state index in [0.717, 1.165) is 38.8 Å². The SMILES string of the molecule is CCOC(=O)CCCC1CCN(C[C@@]2(CO)CC2(F)F)CC1. The van der Waals surface area contributed by atoms with Gasteiger partial charge in [-0.25, -0.2) is 8.78 Å². The smallest absolute Gasteiger partial charge is 0.305 e. The van der Waals surface area contributed by atoms with E-state index >= 15 is 0 Å². The molecule has 2 rings (SSSR count). The van der Waals surface area contributed by atoms with Crippen molar-refractivity contribution in [1.29, 1.82) is 0 Å². The van der Waals surface area contributed by atoms with E-state index in [1.807, 2.05) is 0 Å². The zero-order chi connectivity index (χ0) is 16.2. The molecule has 0 aromatic rings. The highest BCUT2D eigenvalue weighted by molar-refractivity contribution is 5.69. The maximum absolute atomic E-state index is 13.4. The molecule has 1 saturated carbocycles. The Balaban J connectivity index is 1.63. The van der Waals surface area contributed by atoms with Crippen LogP contribution in [-0.4, -0.2) is 54.7 Å². The highest BCUT2D eigenvalue weighted by atomic mass is 19.3. The standard InChI is InChI=1S/C16H27F2NO3/c1-2-22-14(21)5-3-4-13-6-8-19(9-7-13)11-15(12-20)10-16(15,17)18/h13,20H,2-12H2,1H3/t15-/m1/s1. The second-order valence-electron chi connectivity index (χ2n) is 6.74. The molecule has 128 valence electrons. The first kappa shape index (κ1) is 17.6.